The second-order valence-corrected chi connectivity index (χ2v) is 2.04. The smallest absolute Gasteiger partial charge is 0.0477 e. The van der Waals surface area contributed by atoms with Gasteiger partial charge in [-0.1, -0.05) is 6.08 Å². The highest BCUT2D eigenvalue weighted by atomic mass is 16.5. The summed E-state index contributed by atoms with van der Waals surface area (Å²) in [5.41, 5.74) is 0. The fraction of sp³-hybridized carbons (Fsp3) is 0.750. The first-order valence-electron chi connectivity index (χ1n) is 3.81. The van der Waals surface area contributed by atoms with Crippen LogP contribution in [0.25, 0.3) is 0 Å². The topological polar surface area (TPSA) is 21.3 Å². The fourth-order valence-corrected chi connectivity index (χ4v) is 0.648. The van der Waals surface area contributed by atoms with Gasteiger partial charge >= 0.3 is 0 Å². The Morgan fingerprint density at radius 1 is 1.60 bits per heavy atom. The van der Waals surface area contributed by atoms with Gasteiger partial charge in [0.15, 0.2) is 0 Å². The van der Waals surface area contributed by atoms with Crippen LogP contribution in [-0.4, -0.2) is 26.3 Å². The molecule has 0 rings (SSSR count). The molecule has 0 atom stereocenters. The molecule has 2 heteroatoms. The van der Waals surface area contributed by atoms with Crippen LogP contribution in [-0.2, 0) is 4.74 Å². The zero-order chi connectivity index (χ0) is 7.66. The molecule has 2 nitrogen and oxygen atoms in total. The van der Waals surface area contributed by atoms with Crippen molar-refractivity contribution >= 4 is 0 Å². The molecule has 0 aromatic heterocycles. The Bertz CT molecular complexity index is 73.7. The zero-order valence-electron chi connectivity index (χ0n) is 6.73. The molecule has 0 radical (unpaired) electrons. The maximum absolute atomic E-state index is 5.15. The highest BCUT2D eigenvalue weighted by molar-refractivity contribution is 4.68. The number of ether oxygens (including phenoxy) is 1. The van der Waals surface area contributed by atoms with E-state index in [1.807, 2.05) is 13.0 Å². The SMILES string of the molecule is C=CCNCCCOCC. The molecule has 0 heterocycles. The van der Waals surface area contributed by atoms with Gasteiger partial charge in [-0.2, -0.15) is 0 Å². The van der Waals surface area contributed by atoms with Crippen LogP contribution < -0.4 is 5.32 Å². The molecule has 60 valence electrons. The Labute approximate surface area is 63.3 Å². The van der Waals surface area contributed by atoms with Gasteiger partial charge in [-0.15, -0.1) is 6.58 Å². The van der Waals surface area contributed by atoms with E-state index in [4.69, 9.17) is 4.74 Å². The lowest BCUT2D eigenvalue weighted by Crippen LogP contribution is -2.16. The molecule has 0 amide bonds. The average molecular weight is 143 g/mol. The van der Waals surface area contributed by atoms with Crippen LogP contribution in [0.4, 0.5) is 0 Å². The van der Waals surface area contributed by atoms with Crippen LogP contribution in [0.5, 0.6) is 0 Å². The van der Waals surface area contributed by atoms with Crippen LogP contribution >= 0.6 is 0 Å². The van der Waals surface area contributed by atoms with Crippen LogP contribution in [0.3, 0.4) is 0 Å². The van der Waals surface area contributed by atoms with Gasteiger partial charge in [0.1, 0.15) is 0 Å². The molecule has 1 N–H and O–H groups in total. The monoisotopic (exact) mass is 143 g/mol. The summed E-state index contributed by atoms with van der Waals surface area (Å²) in [5.74, 6) is 0. The van der Waals surface area contributed by atoms with E-state index in [1.54, 1.807) is 0 Å². The van der Waals surface area contributed by atoms with Gasteiger partial charge in [-0.25, -0.2) is 0 Å². The minimum Gasteiger partial charge on any atom is -0.382 e. The molecule has 10 heavy (non-hydrogen) atoms. The van der Waals surface area contributed by atoms with Crippen LogP contribution in [0, 0.1) is 0 Å². The summed E-state index contributed by atoms with van der Waals surface area (Å²) >= 11 is 0. The third kappa shape index (κ3) is 7.66. The molecule has 0 aliphatic carbocycles. The standard InChI is InChI=1S/C8H17NO/c1-3-6-9-7-5-8-10-4-2/h3,9H,1,4-8H2,2H3. The molecular formula is C8H17NO. The highest BCUT2D eigenvalue weighted by Gasteiger charge is 1.84. The van der Waals surface area contributed by atoms with Crippen molar-refractivity contribution in [2.45, 2.75) is 13.3 Å². The van der Waals surface area contributed by atoms with Crippen molar-refractivity contribution in [1.29, 1.82) is 0 Å². The van der Waals surface area contributed by atoms with E-state index < -0.39 is 0 Å². The number of hydrogen-bond donors (Lipinski definition) is 1. The summed E-state index contributed by atoms with van der Waals surface area (Å²) in [5, 5.41) is 3.20. The number of hydrogen-bond acceptors (Lipinski definition) is 2. The zero-order valence-corrected chi connectivity index (χ0v) is 6.73. The van der Waals surface area contributed by atoms with Gasteiger partial charge in [-0.3, -0.25) is 0 Å². The van der Waals surface area contributed by atoms with E-state index in [0.29, 0.717) is 0 Å². The fourth-order valence-electron chi connectivity index (χ4n) is 0.648. The van der Waals surface area contributed by atoms with Crippen molar-refractivity contribution in [3.8, 4) is 0 Å². The first kappa shape index (κ1) is 9.66. The number of rotatable bonds is 7. The van der Waals surface area contributed by atoms with E-state index in [0.717, 1.165) is 32.7 Å². The van der Waals surface area contributed by atoms with Gasteiger partial charge in [0, 0.05) is 19.8 Å². The van der Waals surface area contributed by atoms with E-state index in [-0.39, 0.29) is 0 Å². The molecule has 0 unspecified atom stereocenters. The Hall–Kier alpha value is -0.340. The van der Waals surface area contributed by atoms with Crippen molar-refractivity contribution in [2.75, 3.05) is 26.3 Å². The highest BCUT2D eigenvalue weighted by Crippen LogP contribution is 1.79. The quantitative estimate of drug-likeness (QED) is 0.427. The molecule has 0 bridgehead atoms. The molecule has 0 aliphatic heterocycles. The average Bonchev–Trinajstić information content (AvgIpc) is 1.97. The lowest BCUT2D eigenvalue weighted by molar-refractivity contribution is 0.145. The van der Waals surface area contributed by atoms with E-state index >= 15 is 0 Å². The van der Waals surface area contributed by atoms with Crippen LogP contribution in [0.2, 0.25) is 0 Å². The normalized spacial score (nSPS) is 9.70. The summed E-state index contributed by atoms with van der Waals surface area (Å²) in [6.45, 7) is 9.21. The van der Waals surface area contributed by atoms with Crippen molar-refractivity contribution in [3.05, 3.63) is 12.7 Å². The predicted octanol–water partition coefficient (Wildman–Crippen LogP) is 1.19. The Morgan fingerprint density at radius 3 is 3.00 bits per heavy atom. The summed E-state index contributed by atoms with van der Waals surface area (Å²) in [6.07, 6.45) is 2.95. The summed E-state index contributed by atoms with van der Waals surface area (Å²) in [7, 11) is 0. The van der Waals surface area contributed by atoms with Gasteiger partial charge in [-0.05, 0) is 19.9 Å². The largest absolute Gasteiger partial charge is 0.382 e. The Kier molecular flexibility index (Phi) is 8.37. The second-order valence-electron chi connectivity index (χ2n) is 2.04. The molecule has 0 fully saturated rings. The van der Waals surface area contributed by atoms with Gasteiger partial charge in [0.25, 0.3) is 0 Å². The van der Waals surface area contributed by atoms with Gasteiger partial charge in [0.05, 0.1) is 0 Å². The lowest BCUT2D eigenvalue weighted by atomic mass is 10.4. The first-order valence-corrected chi connectivity index (χ1v) is 3.81. The molecule has 0 saturated carbocycles. The maximum atomic E-state index is 5.15. The summed E-state index contributed by atoms with van der Waals surface area (Å²) in [4.78, 5) is 0. The van der Waals surface area contributed by atoms with Crippen molar-refractivity contribution in [3.63, 3.8) is 0 Å². The van der Waals surface area contributed by atoms with E-state index in [9.17, 15) is 0 Å². The predicted molar refractivity (Wildman–Crippen MR) is 44.2 cm³/mol. The van der Waals surface area contributed by atoms with Crippen molar-refractivity contribution < 1.29 is 4.74 Å². The first-order chi connectivity index (χ1) is 4.91. The molecule has 0 saturated heterocycles. The van der Waals surface area contributed by atoms with Gasteiger partial charge < -0.3 is 10.1 Å². The summed E-state index contributed by atoms with van der Waals surface area (Å²) in [6, 6.07) is 0. The van der Waals surface area contributed by atoms with Crippen LogP contribution in [0.15, 0.2) is 12.7 Å². The molecular weight excluding hydrogens is 126 g/mol. The molecule has 0 spiro atoms. The number of nitrogens with one attached hydrogen (secondary N) is 1. The van der Waals surface area contributed by atoms with Crippen molar-refractivity contribution in [2.24, 2.45) is 0 Å². The maximum Gasteiger partial charge on any atom is 0.0477 e. The van der Waals surface area contributed by atoms with E-state index in [1.165, 1.54) is 0 Å². The third-order valence-electron chi connectivity index (χ3n) is 1.14. The Balaban J connectivity index is 2.70. The molecule has 0 aromatic carbocycles. The van der Waals surface area contributed by atoms with Gasteiger partial charge in [0.2, 0.25) is 0 Å². The minimum absolute atomic E-state index is 0.821. The molecule has 0 aromatic rings. The minimum atomic E-state index is 0.821. The van der Waals surface area contributed by atoms with Crippen LogP contribution in [0.1, 0.15) is 13.3 Å². The molecule has 0 aliphatic rings. The van der Waals surface area contributed by atoms with Crippen molar-refractivity contribution in [1.82, 2.24) is 5.32 Å². The summed E-state index contributed by atoms with van der Waals surface area (Å²) < 4.78 is 5.15. The van der Waals surface area contributed by atoms with E-state index in [2.05, 4.69) is 11.9 Å². The second kappa shape index (κ2) is 8.66. The Morgan fingerprint density at radius 2 is 2.40 bits per heavy atom. The third-order valence-corrected chi connectivity index (χ3v) is 1.14. The lowest BCUT2D eigenvalue weighted by Gasteiger charge is -2.00.